The summed E-state index contributed by atoms with van der Waals surface area (Å²) in [5, 5.41) is 7.67. The van der Waals surface area contributed by atoms with Crippen LogP contribution >= 0.6 is 0 Å². The van der Waals surface area contributed by atoms with E-state index in [1.54, 1.807) is 12.0 Å². The molecule has 3 N–H and O–H groups in total. The van der Waals surface area contributed by atoms with Gasteiger partial charge < -0.3 is 44.4 Å². The lowest BCUT2D eigenvalue weighted by Crippen LogP contribution is -2.51. The van der Waals surface area contributed by atoms with Crippen molar-refractivity contribution in [2.45, 2.75) is 76.3 Å². The number of H-pyrrole nitrogens is 1. The summed E-state index contributed by atoms with van der Waals surface area (Å²) in [5.41, 5.74) is 8.62. The number of fused-ring (bicyclic) bond motifs is 7. The van der Waals surface area contributed by atoms with E-state index >= 15 is 0 Å². The molecule has 5 heterocycles. The minimum absolute atomic E-state index is 0.108. The number of aliphatic imine (C=N–C) groups is 1. The molecule has 4 amide bonds. The number of likely N-dealkylation sites (tertiary alicyclic amines) is 2. The van der Waals surface area contributed by atoms with Gasteiger partial charge >= 0.3 is 12.2 Å². The number of imidazole rings is 1. The Labute approximate surface area is 376 Å². The third kappa shape index (κ3) is 7.74. The van der Waals surface area contributed by atoms with Crippen molar-refractivity contribution in [2.24, 2.45) is 22.7 Å². The molecular weight excluding hydrogens is 827 g/mol. The number of aromatic nitrogens is 2. The van der Waals surface area contributed by atoms with Crippen molar-refractivity contribution in [1.82, 2.24) is 30.4 Å². The highest BCUT2D eigenvalue weighted by Gasteiger charge is 2.56. The van der Waals surface area contributed by atoms with Crippen LogP contribution in [0.1, 0.15) is 67.7 Å². The number of nitrogens with zero attached hydrogens (tertiary/aromatic N) is 4. The minimum Gasteiger partial charge on any atom is -0.488 e. The predicted octanol–water partition coefficient (Wildman–Crippen LogP) is 7.42. The van der Waals surface area contributed by atoms with E-state index in [4.69, 9.17) is 28.9 Å². The Morgan fingerprint density at radius 1 is 0.877 bits per heavy atom. The summed E-state index contributed by atoms with van der Waals surface area (Å²) in [6, 6.07) is 22.2. The van der Waals surface area contributed by atoms with Crippen LogP contribution in [-0.2, 0) is 36.8 Å². The number of alkyl carbamates (subject to hydrolysis) is 2. The van der Waals surface area contributed by atoms with Crippen molar-refractivity contribution in [3.63, 3.8) is 0 Å². The number of nitrogens with one attached hydrogen (secondary N) is 3. The first-order valence-electron chi connectivity index (χ1n) is 22.4. The Morgan fingerprint density at radius 3 is 2.45 bits per heavy atom. The second-order valence-electron chi connectivity index (χ2n) is 18.2. The molecule has 7 atom stereocenters. The van der Waals surface area contributed by atoms with E-state index < -0.39 is 24.3 Å². The van der Waals surface area contributed by atoms with Crippen molar-refractivity contribution in [2.75, 3.05) is 34.5 Å². The van der Waals surface area contributed by atoms with Crippen molar-refractivity contribution in [3.8, 4) is 28.1 Å². The molecule has 5 aromatic rings. The third-order valence-electron chi connectivity index (χ3n) is 13.9. The lowest BCUT2D eigenvalue weighted by atomic mass is 9.90. The summed E-state index contributed by atoms with van der Waals surface area (Å²) in [6.07, 6.45) is 3.60. The molecule has 0 bridgehead atoms. The van der Waals surface area contributed by atoms with Crippen LogP contribution < -0.4 is 15.4 Å². The maximum Gasteiger partial charge on any atom is 0.407 e. The Balaban J connectivity index is 0.881. The van der Waals surface area contributed by atoms with Crippen LogP contribution in [0.4, 0.5) is 15.3 Å². The number of aromatic amines is 1. The van der Waals surface area contributed by atoms with Crippen LogP contribution in [0.3, 0.4) is 0 Å². The molecule has 0 spiro atoms. The van der Waals surface area contributed by atoms with Gasteiger partial charge in [-0.05, 0) is 94.0 Å². The van der Waals surface area contributed by atoms with Gasteiger partial charge in [-0.2, -0.15) is 0 Å². The molecule has 10 rings (SSSR count). The van der Waals surface area contributed by atoms with Gasteiger partial charge in [0.1, 0.15) is 30.3 Å². The summed E-state index contributed by atoms with van der Waals surface area (Å²) in [4.78, 5) is 70.3. The molecule has 1 aliphatic carbocycles. The second kappa shape index (κ2) is 17.0. The number of carbonyl (C=O) groups is 4. The first-order valence-corrected chi connectivity index (χ1v) is 22.4. The lowest BCUT2D eigenvalue weighted by Gasteiger charge is -2.31. The van der Waals surface area contributed by atoms with E-state index in [1.165, 1.54) is 14.2 Å². The number of carbonyl (C=O) groups excluding carboxylic acids is 4. The van der Waals surface area contributed by atoms with Crippen LogP contribution in [0, 0.1) is 17.8 Å². The number of amides is 4. The smallest absolute Gasteiger partial charge is 0.407 e. The van der Waals surface area contributed by atoms with E-state index in [9.17, 15) is 19.2 Å². The zero-order valence-corrected chi connectivity index (χ0v) is 37.1. The van der Waals surface area contributed by atoms with E-state index in [1.807, 2.05) is 55.3 Å². The standard InChI is InChI=1S/C50H53N7O8/c1-26(2)44(54-49(60)63-4)47(58)56-23-27(24-62-3)15-42(56)46-51-22-39(53-46)30-11-13-33-32(16-30)25-65-43-21-34-29(17-36(33)43)12-14-37-35(34)20-38(52-37)41-19-31-18-40(31)57(41)48(59)45(55-50(61)64-5)28-9-7-6-8-10-28/h6-14,16-17,21-22,26-27,31,40-42,44-45H,15,18-20,23-25H2,1-5H3,(H,51,53)(H,54,60)(H,55,61)/t27-,31+,40+,41-,42-,44-,45+/m0/s1. The number of hydrogen-bond donors (Lipinski definition) is 3. The van der Waals surface area contributed by atoms with E-state index in [0.29, 0.717) is 49.9 Å². The Bertz CT molecular complexity index is 2730. The van der Waals surface area contributed by atoms with Gasteiger partial charge in [0, 0.05) is 43.3 Å². The molecule has 3 fully saturated rings. The van der Waals surface area contributed by atoms with Crippen LogP contribution in [-0.4, -0.2) is 102 Å². The molecule has 4 aliphatic heterocycles. The first-order chi connectivity index (χ1) is 31.5. The van der Waals surface area contributed by atoms with Crippen molar-refractivity contribution in [1.29, 1.82) is 0 Å². The van der Waals surface area contributed by atoms with Gasteiger partial charge in [0.05, 0.1) is 50.5 Å². The van der Waals surface area contributed by atoms with Crippen LogP contribution in [0.15, 0.2) is 84.0 Å². The number of ether oxygens (including phenoxy) is 4. The lowest BCUT2D eigenvalue weighted by molar-refractivity contribution is -0.136. The summed E-state index contributed by atoms with van der Waals surface area (Å²) in [5.74, 6) is 1.52. The number of piperidine rings is 1. The summed E-state index contributed by atoms with van der Waals surface area (Å²) in [7, 11) is 4.25. The molecule has 2 saturated heterocycles. The highest BCUT2D eigenvalue weighted by Crippen LogP contribution is 2.51. The molecule has 5 aliphatic rings. The topological polar surface area (TPSA) is 177 Å². The number of hydrogen-bond acceptors (Lipinski definition) is 10. The van der Waals surface area contributed by atoms with E-state index in [-0.39, 0.29) is 41.8 Å². The molecule has 1 aromatic heterocycles. The van der Waals surface area contributed by atoms with Crippen molar-refractivity contribution >= 4 is 46.2 Å². The average molecular weight is 880 g/mol. The average Bonchev–Trinajstić information content (AvgIpc) is 3.79. The maximum absolute atomic E-state index is 14.4. The molecule has 65 heavy (non-hydrogen) atoms. The van der Waals surface area contributed by atoms with Gasteiger partial charge in [-0.3, -0.25) is 14.6 Å². The third-order valence-corrected chi connectivity index (χ3v) is 13.9. The largest absolute Gasteiger partial charge is 0.488 e. The van der Waals surface area contributed by atoms with Gasteiger partial charge in [-0.25, -0.2) is 14.6 Å². The van der Waals surface area contributed by atoms with Crippen molar-refractivity contribution in [3.05, 3.63) is 102 Å². The molecule has 1 saturated carbocycles. The zero-order valence-electron chi connectivity index (χ0n) is 37.1. The van der Waals surface area contributed by atoms with E-state index in [0.717, 1.165) is 74.3 Å². The quantitative estimate of drug-likeness (QED) is 0.122. The molecule has 336 valence electrons. The van der Waals surface area contributed by atoms with Gasteiger partial charge in [0.2, 0.25) is 5.91 Å². The second-order valence-corrected chi connectivity index (χ2v) is 18.2. The molecule has 4 aromatic carbocycles. The number of methoxy groups -OCH3 is 3. The number of benzene rings is 4. The number of rotatable bonds is 11. The van der Waals surface area contributed by atoms with Crippen molar-refractivity contribution < 1.29 is 38.1 Å². The molecule has 15 nitrogen and oxygen atoms in total. The Morgan fingerprint density at radius 2 is 1.68 bits per heavy atom. The fourth-order valence-electron chi connectivity index (χ4n) is 10.5. The maximum atomic E-state index is 14.4. The molecule has 15 heteroatoms. The van der Waals surface area contributed by atoms with Crippen LogP contribution in [0.25, 0.3) is 33.2 Å². The van der Waals surface area contributed by atoms with Gasteiger partial charge in [-0.15, -0.1) is 0 Å². The van der Waals surface area contributed by atoms with Gasteiger partial charge in [-0.1, -0.05) is 62.4 Å². The highest BCUT2D eigenvalue weighted by molar-refractivity contribution is 6.07. The fraction of sp³-hybridized carbons (Fsp3) is 0.400. The molecule has 0 unspecified atom stereocenters. The molecular formula is C50H53N7O8. The SMILES string of the molecule is COC[C@H]1C[C@@H](c2ncc(-c3ccc4c(c3)COc3cc5c6c(ccc5cc3-4)N=C([C@@H]3C[C@H]4C[C@H]4N3C(=O)[C@H](NC(=O)OC)c3ccccc3)C6)[nH]2)N(C(=O)[C@@H](NC(=O)OC)C(C)C)C1. The fourth-order valence-corrected chi connectivity index (χ4v) is 10.5. The minimum atomic E-state index is -0.869. The van der Waals surface area contributed by atoms with Crippen LogP contribution in [0.2, 0.25) is 0 Å². The Kier molecular flexibility index (Phi) is 11.0. The van der Waals surface area contributed by atoms with E-state index in [2.05, 4.69) is 58.1 Å². The Hall–Kier alpha value is -6.74. The summed E-state index contributed by atoms with van der Waals surface area (Å²) < 4.78 is 21.7. The van der Waals surface area contributed by atoms with Gasteiger partial charge in [0.15, 0.2) is 0 Å². The zero-order chi connectivity index (χ0) is 45.1. The summed E-state index contributed by atoms with van der Waals surface area (Å²) >= 11 is 0. The van der Waals surface area contributed by atoms with Crippen LogP contribution in [0.5, 0.6) is 5.75 Å². The molecule has 0 radical (unpaired) electrons. The summed E-state index contributed by atoms with van der Waals surface area (Å²) in [6.45, 7) is 5.16. The predicted molar refractivity (Wildman–Crippen MR) is 243 cm³/mol. The first kappa shape index (κ1) is 42.2. The van der Waals surface area contributed by atoms with Gasteiger partial charge in [0.25, 0.3) is 5.91 Å². The monoisotopic (exact) mass is 879 g/mol. The normalized spacial score (nSPS) is 22.2. The highest BCUT2D eigenvalue weighted by atomic mass is 16.5.